The molecule has 0 saturated heterocycles. The third-order valence-corrected chi connectivity index (χ3v) is 3.72. The van der Waals surface area contributed by atoms with Crippen LogP contribution in [0.1, 0.15) is 32.0 Å². The minimum Gasteiger partial charge on any atom is -0.328 e. The van der Waals surface area contributed by atoms with Crippen molar-refractivity contribution >= 4 is 11.0 Å². The Balaban J connectivity index is 1.95. The second kappa shape index (κ2) is 4.69. The summed E-state index contributed by atoms with van der Waals surface area (Å²) in [7, 11) is 0. The monoisotopic (exact) mass is 244 g/mol. The van der Waals surface area contributed by atoms with E-state index in [1.807, 2.05) is 18.5 Å². The fraction of sp³-hybridized carbons (Fsp3) is 0.571. The van der Waals surface area contributed by atoms with Gasteiger partial charge >= 0.3 is 0 Å². The molecule has 18 heavy (non-hydrogen) atoms. The van der Waals surface area contributed by atoms with Crippen LogP contribution in [-0.2, 0) is 13.0 Å². The van der Waals surface area contributed by atoms with Gasteiger partial charge in [-0.05, 0) is 31.2 Å². The summed E-state index contributed by atoms with van der Waals surface area (Å²) in [5, 5.41) is 0. The second-order valence-electron chi connectivity index (χ2n) is 5.25. The van der Waals surface area contributed by atoms with Crippen molar-refractivity contribution < 1.29 is 0 Å². The zero-order valence-corrected chi connectivity index (χ0v) is 10.8. The van der Waals surface area contributed by atoms with Crippen LogP contribution in [0.4, 0.5) is 0 Å². The summed E-state index contributed by atoms with van der Waals surface area (Å²) in [5.41, 5.74) is 8.40. The molecule has 0 aliphatic heterocycles. The van der Waals surface area contributed by atoms with Gasteiger partial charge in [0.2, 0.25) is 0 Å². The molecule has 2 aromatic heterocycles. The molecule has 0 bridgehead atoms. The van der Waals surface area contributed by atoms with E-state index in [2.05, 4.69) is 16.5 Å². The van der Waals surface area contributed by atoms with Crippen molar-refractivity contribution in [3.8, 4) is 0 Å². The highest BCUT2D eigenvalue weighted by Gasteiger charge is 2.29. The van der Waals surface area contributed by atoms with Crippen LogP contribution < -0.4 is 5.73 Å². The summed E-state index contributed by atoms with van der Waals surface area (Å²) in [5.74, 6) is 1.84. The fourth-order valence-electron chi connectivity index (χ4n) is 2.56. The van der Waals surface area contributed by atoms with E-state index in [4.69, 9.17) is 10.7 Å². The Bertz CT molecular complexity index is 542. The minimum atomic E-state index is 0.269. The average Bonchev–Trinajstić information content (AvgIpc) is 3.16. The van der Waals surface area contributed by atoms with Crippen molar-refractivity contribution in [1.82, 2.24) is 14.5 Å². The number of aromatic nitrogens is 3. The van der Waals surface area contributed by atoms with Gasteiger partial charge in [-0.25, -0.2) is 4.98 Å². The van der Waals surface area contributed by atoms with Crippen molar-refractivity contribution in [2.45, 2.75) is 45.2 Å². The number of imidazole rings is 1. The highest BCUT2D eigenvalue weighted by atomic mass is 15.1. The average molecular weight is 244 g/mol. The van der Waals surface area contributed by atoms with Crippen molar-refractivity contribution in [3.63, 3.8) is 0 Å². The molecule has 96 valence electrons. The summed E-state index contributed by atoms with van der Waals surface area (Å²) >= 11 is 0. The first kappa shape index (κ1) is 11.7. The number of hydrogen-bond donors (Lipinski definition) is 1. The van der Waals surface area contributed by atoms with Crippen LogP contribution in [0.2, 0.25) is 0 Å². The fourth-order valence-corrected chi connectivity index (χ4v) is 2.56. The number of pyridine rings is 1. The van der Waals surface area contributed by atoms with E-state index in [1.165, 1.54) is 18.4 Å². The third kappa shape index (κ3) is 2.12. The van der Waals surface area contributed by atoms with Gasteiger partial charge in [-0.15, -0.1) is 0 Å². The number of rotatable bonds is 5. The molecule has 0 amide bonds. The Kier molecular flexibility index (Phi) is 3.04. The van der Waals surface area contributed by atoms with Crippen molar-refractivity contribution in [2.75, 3.05) is 0 Å². The van der Waals surface area contributed by atoms with Crippen LogP contribution in [0.3, 0.4) is 0 Å². The van der Waals surface area contributed by atoms with Gasteiger partial charge in [0.15, 0.2) is 0 Å². The molecule has 4 heteroatoms. The molecule has 0 radical (unpaired) electrons. The van der Waals surface area contributed by atoms with Crippen LogP contribution in [-0.4, -0.2) is 20.6 Å². The lowest BCUT2D eigenvalue weighted by Crippen LogP contribution is -2.26. The first-order valence-corrected chi connectivity index (χ1v) is 6.84. The number of aryl methyl sites for hydroxylation is 1. The lowest BCUT2D eigenvalue weighted by molar-refractivity contribution is 0.549. The van der Waals surface area contributed by atoms with Crippen LogP contribution in [0.15, 0.2) is 18.5 Å². The van der Waals surface area contributed by atoms with E-state index in [0.29, 0.717) is 0 Å². The smallest absolute Gasteiger partial charge is 0.111 e. The number of hydrogen-bond acceptors (Lipinski definition) is 3. The van der Waals surface area contributed by atoms with E-state index >= 15 is 0 Å². The molecule has 1 unspecified atom stereocenters. The molecular weight excluding hydrogens is 224 g/mol. The van der Waals surface area contributed by atoms with E-state index in [-0.39, 0.29) is 6.04 Å². The number of fused-ring (bicyclic) bond motifs is 1. The normalized spacial score (nSPS) is 17.2. The van der Waals surface area contributed by atoms with Gasteiger partial charge in [-0.3, -0.25) is 4.98 Å². The second-order valence-corrected chi connectivity index (χ2v) is 5.25. The number of nitrogens with zero attached hydrogens (tertiary/aromatic N) is 3. The van der Waals surface area contributed by atoms with Crippen LogP contribution in [0.5, 0.6) is 0 Å². The third-order valence-electron chi connectivity index (χ3n) is 3.72. The maximum Gasteiger partial charge on any atom is 0.111 e. The Morgan fingerprint density at radius 2 is 2.33 bits per heavy atom. The molecule has 1 aliphatic rings. The minimum absolute atomic E-state index is 0.269. The maximum atomic E-state index is 6.23. The van der Waals surface area contributed by atoms with E-state index < -0.39 is 0 Å². The molecule has 3 rings (SSSR count). The summed E-state index contributed by atoms with van der Waals surface area (Å²) in [4.78, 5) is 8.85. The first-order chi connectivity index (χ1) is 8.79. The van der Waals surface area contributed by atoms with E-state index in [0.717, 1.165) is 36.6 Å². The molecule has 2 heterocycles. The van der Waals surface area contributed by atoms with Gasteiger partial charge in [0.1, 0.15) is 11.3 Å². The molecule has 1 fully saturated rings. The first-order valence-electron chi connectivity index (χ1n) is 6.84. The zero-order chi connectivity index (χ0) is 12.5. The Morgan fingerprint density at radius 3 is 3.06 bits per heavy atom. The van der Waals surface area contributed by atoms with Gasteiger partial charge in [0.25, 0.3) is 0 Å². The molecule has 0 spiro atoms. The van der Waals surface area contributed by atoms with Crippen molar-refractivity contribution in [3.05, 3.63) is 24.3 Å². The summed E-state index contributed by atoms with van der Waals surface area (Å²) in [6.07, 6.45) is 8.25. The molecule has 1 aliphatic carbocycles. The summed E-state index contributed by atoms with van der Waals surface area (Å²) in [6.45, 7) is 3.20. The SMILES string of the molecule is CCCn1c(CC(N)C2CC2)nc2cnccc21. The van der Waals surface area contributed by atoms with E-state index in [1.54, 1.807) is 0 Å². The number of nitrogens with two attached hydrogens (primary N) is 1. The Labute approximate surface area is 107 Å². The summed E-state index contributed by atoms with van der Waals surface area (Å²) < 4.78 is 2.30. The van der Waals surface area contributed by atoms with Crippen LogP contribution >= 0.6 is 0 Å². The maximum absolute atomic E-state index is 6.23. The topological polar surface area (TPSA) is 56.7 Å². The van der Waals surface area contributed by atoms with Gasteiger partial charge in [0.05, 0.1) is 11.7 Å². The molecule has 1 atom stereocenters. The Hall–Kier alpha value is -1.42. The van der Waals surface area contributed by atoms with Crippen LogP contribution in [0, 0.1) is 5.92 Å². The largest absolute Gasteiger partial charge is 0.328 e. The molecule has 2 aromatic rings. The quantitative estimate of drug-likeness (QED) is 0.876. The van der Waals surface area contributed by atoms with Gasteiger partial charge in [-0.2, -0.15) is 0 Å². The van der Waals surface area contributed by atoms with E-state index in [9.17, 15) is 0 Å². The predicted molar refractivity (Wildman–Crippen MR) is 72.2 cm³/mol. The standard InChI is InChI=1S/C14H20N4/c1-2-7-18-13-5-6-16-9-12(13)17-14(18)8-11(15)10-3-4-10/h5-6,9-11H,2-4,7-8,15H2,1H3. The zero-order valence-electron chi connectivity index (χ0n) is 10.8. The van der Waals surface area contributed by atoms with Gasteiger partial charge in [0, 0.05) is 25.2 Å². The lowest BCUT2D eigenvalue weighted by atomic mass is 10.1. The van der Waals surface area contributed by atoms with Gasteiger partial charge in [-0.1, -0.05) is 6.92 Å². The molecular formula is C14H20N4. The Morgan fingerprint density at radius 1 is 1.50 bits per heavy atom. The van der Waals surface area contributed by atoms with Crippen molar-refractivity contribution in [2.24, 2.45) is 11.7 Å². The highest BCUT2D eigenvalue weighted by molar-refractivity contribution is 5.74. The molecule has 0 aromatic carbocycles. The predicted octanol–water partition coefficient (Wildman–Crippen LogP) is 2.12. The van der Waals surface area contributed by atoms with Gasteiger partial charge < -0.3 is 10.3 Å². The molecule has 1 saturated carbocycles. The lowest BCUT2D eigenvalue weighted by Gasteiger charge is -2.12. The van der Waals surface area contributed by atoms with Crippen molar-refractivity contribution in [1.29, 1.82) is 0 Å². The molecule has 4 nitrogen and oxygen atoms in total. The van der Waals surface area contributed by atoms with Crippen LogP contribution in [0.25, 0.3) is 11.0 Å². The summed E-state index contributed by atoms with van der Waals surface area (Å²) in [6, 6.07) is 2.31. The molecule has 2 N–H and O–H groups in total. The highest BCUT2D eigenvalue weighted by Crippen LogP contribution is 2.33.